The van der Waals surface area contributed by atoms with Crippen molar-refractivity contribution in [3.05, 3.63) is 0 Å². The number of ether oxygens (including phenoxy) is 1. The standard InChI is InChI=1S/C11H21NO4Si/c1-17(2,3)8-7-16-11(15)12-6-4-5-9(12)10(13)14/h9H,4-8H2,1-3H3,(H,13,14)/t9-/m0/s1. The molecular weight excluding hydrogens is 238 g/mol. The summed E-state index contributed by atoms with van der Waals surface area (Å²) in [4.78, 5) is 23.9. The Morgan fingerprint density at radius 2 is 2.06 bits per heavy atom. The molecule has 0 unspecified atom stereocenters. The third-order valence-corrected chi connectivity index (χ3v) is 4.55. The normalized spacial score (nSPS) is 20.4. The van der Waals surface area contributed by atoms with Crippen LogP contribution in [0.5, 0.6) is 0 Å². The number of likely N-dealkylation sites (tertiary alicyclic amines) is 1. The summed E-state index contributed by atoms with van der Waals surface area (Å²) < 4.78 is 5.14. The zero-order valence-electron chi connectivity index (χ0n) is 10.7. The molecule has 0 saturated carbocycles. The number of rotatable bonds is 4. The van der Waals surface area contributed by atoms with E-state index in [0.29, 0.717) is 19.6 Å². The quantitative estimate of drug-likeness (QED) is 0.784. The lowest BCUT2D eigenvalue weighted by molar-refractivity contribution is -0.141. The van der Waals surface area contributed by atoms with Crippen LogP contribution < -0.4 is 0 Å². The second-order valence-corrected chi connectivity index (χ2v) is 11.2. The number of carboxylic acids is 1. The fraction of sp³-hybridized carbons (Fsp3) is 0.818. The fourth-order valence-corrected chi connectivity index (χ4v) is 2.48. The summed E-state index contributed by atoms with van der Waals surface area (Å²) in [5, 5.41) is 8.94. The average molecular weight is 259 g/mol. The van der Waals surface area contributed by atoms with Gasteiger partial charge < -0.3 is 9.84 Å². The molecule has 0 aromatic rings. The fourth-order valence-electron chi connectivity index (χ4n) is 1.77. The Balaban J connectivity index is 2.40. The van der Waals surface area contributed by atoms with E-state index in [4.69, 9.17) is 9.84 Å². The van der Waals surface area contributed by atoms with Gasteiger partial charge in [-0.1, -0.05) is 19.6 Å². The van der Waals surface area contributed by atoms with E-state index in [-0.39, 0.29) is 0 Å². The van der Waals surface area contributed by atoms with Crippen LogP contribution in [0.3, 0.4) is 0 Å². The van der Waals surface area contributed by atoms with Gasteiger partial charge in [-0.15, -0.1) is 0 Å². The van der Waals surface area contributed by atoms with E-state index in [1.165, 1.54) is 4.90 Å². The van der Waals surface area contributed by atoms with E-state index in [1.807, 2.05) is 0 Å². The minimum absolute atomic E-state index is 0.400. The van der Waals surface area contributed by atoms with Gasteiger partial charge in [0.2, 0.25) is 0 Å². The maximum absolute atomic E-state index is 11.7. The second-order valence-electron chi connectivity index (χ2n) is 5.61. The van der Waals surface area contributed by atoms with Gasteiger partial charge in [0.05, 0.1) is 6.61 Å². The molecular formula is C11H21NO4Si. The van der Waals surface area contributed by atoms with E-state index < -0.39 is 26.2 Å². The van der Waals surface area contributed by atoms with Crippen LogP contribution in [-0.4, -0.2) is 49.3 Å². The molecule has 0 aromatic heterocycles. The first-order valence-corrected chi connectivity index (χ1v) is 9.68. The van der Waals surface area contributed by atoms with Crippen molar-refractivity contribution in [1.29, 1.82) is 0 Å². The number of hydrogen-bond donors (Lipinski definition) is 1. The molecule has 0 aliphatic carbocycles. The average Bonchev–Trinajstić information content (AvgIpc) is 2.63. The smallest absolute Gasteiger partial charge is 0.410 e. The zero-order valence-corrected chi connectivity index (χ0v) is 11.7. The summed E-state index contributed by atoms with van der Waals surface area (Å²) in [6, 6.07) is 0.207. The Morgan fingerprint density at radius 3 is 2.59 bits per heavy atom. The number of carbonyl (C=O) groups is 2. The highest BCUT2D eigenvalue weighted by atomic mass is 28.3. The van der Waals surface area contributed by atoms with Gasteiger partial charge in [0.15, 0.2) is 0 Å². The van der Waals surface area contributed by atoms with Crippen molar-refractivity contribution < 1.29 is 19.4 Å². The molecule has 1 amide bonds. The van der Waals surface area contributed by atoms with Gasteiger partial charge >= 0.3 is 12.1 Å². The minimum Gasteiger partial charge on any atom is -0.480 e. The Morgan fingerprint density at radius 1 is 1.41 bits per heavy atom. The van der Waals surface area contributed by atoms with Crippen LogP contribution in [0.25, 0.3) is 0 Å². The molecule has 1 heterocycles. The van der Waals surface area contributed by atoms with Crippen LogP contribution in [0.15, 0.2) is 0 Å². The topological polar surface area (TPSA) is 66.8 Å². The molecule has 1 saturated heterocycles. The van der Waals surface area contributed by atoms with Gasteiger partial charge in [-0.25, -0.2) is 9.59 Å². The highest BCUT2D eigenvalue weighted by Gasteiger charge is 2.35. The molecule has 0 bridgehead atoms. The van der Waals surface area contributed by atoms with Crippen molar-refractivity contribution in [3.63, 3.8) is 0 Å². The molecule has 1 atom stereocenters. The van der Waals surface area contributed by atoms with E-state index in [9.17, 15) is 9.59 Å². The molecule has 17 heavy (non-hydrogen) atoms. The number of carbonyl (C=O) groups excluding carboxylic acids is 1. The zero-order chi connectivity index (χ0) is 13.1. The molecule has 1 rings (SSSR count). The highest BCUT2D eigenvalue weighted by Crippen LogP contribution is 2.18. The summed E-state index contributed by atoms with van der Waals surface area (Å²) in [5.74, 6) is -0.940. The van der Waals surface area contributed by atoms with Crippen LogP contribution >= 0.6 is 0 Å². The maximum atomic E-state index is 11.7. The lowest BCUT2D eigenvalue weighted by Gasteiger charge is -2.22. The van der Waals surface area contributed by atoms with E-state index in [1.54, 1.807) is 0 Å². The predicted octanol–water partition coefficient (Wildman–Crippen LogP) is 2.01. The van der Waals surface area contributed by atoms with E-state index in [2.05, 4.69) is 19.6 Å². The largest absolute Gasteiger partial charge is 0.480 e. The van der Waals surface area contributed by atoms with Gasteiger partial charge in [0.1, 0.15) is 6.04 Å². The van der Waals surface area contributed by atoms with Crippen LogP contribution in [0.4, 0.5) is 4.79 Å². The molecule has 1 N–H and O–H groups in total. The molecule has 1 fully saturated rings. The second kappa shape index (κ2) is 5.53. The Kier molecular flexibility index (Phi) is 4.56. The molecule has 0 aromatic carbocycles. The van der Waals surface area contributed by atoms with Crippen molar-refractivity contribution in [2.24, 2.45) is 0 Å². The minimum atomic E-state index is -1.21. The van der Waals surface area contributed by atoms with Crippen LogP contribution in [0, 0.1) is 0 Å². The number of aliphatic carboxylic acids is 1. The van der Waals surface area contributed by atoms with Crippen molar-refractivity contribution in [2.75, 3.05) is 13.2 Å². The molecule has 6 heteroatoms. The van der Waals surface area contributed by atoms with Crippen LogP contribution in [-0.2, 0) is 9.53 Å². The number of amides is 1. The highest BCUT2D eigenvalue weighted by molar-refractivity contribution is 6.76. The lowest BCUT2D eigenvalue weighted by atomic mass is 10.2. The first-order chi connectivity index (χ1) is 7.81. The Hall–Kier alpha value is -1.04. The maximum Gasteiger partial charge on any atom is 0.410 e. The monoisotopic (exact) mass is 259 g/mol. The lowest BCUT2D eigenvalue weighted by Crippen LogP contribution is -2.41. The van der Waals surface area contributed by atoms with E-state index in [0.717, 1.165) is 12.5 Å². The van der Waals surface area contributed by atoms with Gasteiger partial charge in [-0.2, -0.15) is 0 Å². The molecule has 1 aliphatic heterocycles. The van der Waals surface area contributed by atoms with Crippen molar-refractivity contribution >= 4 is 20.1 Å². The third kappa shape index (κ3) is 4.38. The molecule has 1 aliphatic rings. The summed E-state index contributed by atoms with van der Waals surface area (Å²) in [7, 11) is -1.21. The Bertz CT molecular complexity index is 300. The Labute approximate surface area is 103 Å². The van der Waals surface area contributed by atoms with Crippen LogP contribution in [0.2, 0.25) is 25.7 Å². The first-order valence-electron chi connectivity index (χ1n) is 5.97. The van der Waals surface area contributed by atoms with Crippen LogP contribution in [0.1, 0.15) is 12.8 Å². The molecule has 5 nitrogen and oxygen atoms in total. The summed E-state index contributed by atoms with van der Waals surface area (Å²) in [6.07, 6.45) is 0.784. The van der Waals surface area contributed by atoms with Crippen molar-refractivity contribution in [2.45, 2.75) is 44.6 Å². The van der Waals surface area contributed by atoms with Gasteiger partial charge in [-0.05, 0) is 18.9 Å². The predicted molar refractivity (Wildman–Crippen MR) is 66.9 cm³/mol. The SMILES string of the molecule is C[Si](C)(C)CCOC(=O)N1CCC[C@H]1C(=O)O. The van der Waals surface area contributed by atoms with Crippen molar-refractivity contribution in [3.8, 4) is 0 Å². The number of hydrogen-bond acceptors (Lipinski definition) is 3. The summed E-state index contributed by atoms with van der Waals surface area (Å²) in [6.45, 7) is 7.50. The third-order valence-electron chi connectivity index (χ3n) is 2.85. The number of nitrogens with zero attached hydrogens (tertiary/aromatic N) is 1. The molecule has 98 valence electrons. The van der Waals surface area contributed by atoms with Gasteiger partial charge in [0.25, 0.3) is 0 Å². The van der Waals surface area contributed by atoms with Gasteiger partial charge in [0, 0.05) is 14.6 Å². The summed E-state index contributed by atoms with van der Waals surface area (Å²) >= 11 is 0. The van der Waals surface area contributed by atoms with Crippen molar-refractivity contribution in [1.82, 2.24) is 4.90 Å². The molecule has 0 radical (unpaired) electrons. The van der Waals surface area contributed by atoms with E-state index >= 15 is 0 Å². The summed E-state index contributed by atoms with van der Waals surface area (Å²) in [5.41, 5.74) is 0. The number of carboxylic acid groups (broad SMARTS) is 1. The first kappa shape index (κ1) is 14.0. The molecule has 0 spiro atoms. The van der Waals surface area contributed by atoms with Gasteiger partial charge in [-0.3, -0.25) is 4.90 Å².